The van der Waals surface area contributed by atoms with E-state index in [-0.39, 0.29) is 6.04 Å². The highest BCUT2D eigenvalue weighted by Crippen LogP contribution is 2.27. The maximum atomic E-state index is 6.10. The summed E-state index contributed by atoms with van der Waals surface area (Å²) in [7, 11) is 0. The fourth-order valence-corrected chi connectivity index (χ4v) is 1.87. The molecule has 0 bridgehead atoms. The largest absolute Gasteiger partial charge is 0.309 e. The fraction of sp³-hybridized carbons (Fsp3) is 0.333. The molecule has 1 aromatic carbocycles. The van der Waals surface area contributed by atoms with Gasteiger partial charge in [0, 0.05) is 22.5 Å². The maximum Gasteiger partial charge on any atom is 0.0455 e. The second kappa shape index (κ2) is 6.02. The van der Waals surface area contributed by atoms with Crippen LogP contribution in [0, 0.1) is 12.3 Å². The molecule has 1 atom stereocenters. The molecule has 0 spiro atoms. The Balaban J connectivity index is 2.99. The molecule has 0 fully saturated rings. The van der Waals surface area contributed by atoms with Gasteiger partial charge in [-0.25, -0.2) is 0 Å². The molecule has 1 rings (SSSR count). The normalized spacial score (nSPS) is 12.1. The number of hydrogen-bond acceptors (Lipinski definition) is 1. The smallest absolute Gasteiger partial charge is 0.0455 e. The number of halogens is 2. The summed E-state index contributed by atoms with van der Waals surface area (Å²) in [6.45, 7) is 2.87. The summed E-state index contributed by atoms with van der Waals surface area (Å²) < 4.78 is 0. The molecule has 0 saturated heterocycles. The lowest BCUT2D eigenvalue weighted by atomic mass is 10.0. The Morgan fingerprint density at radius 1 is 1.47 bits per heavy atom. The molecule has 0 aliphatic rings. The summed E-state index contributed by atoms with van der Waals surface area (Å²) in [6, 6.07) is 5.49. The van der Waals surface area contributed by atoms with Crippen molar-refractivity contribution < 1.29 is 0 Å². The van der Waals surface area contributed by atoms with Crippen molar-refractivity contribution in [2.75, 3.05) is 6.54 Å². The molecule has 0 radical (unpaired) electrons. The van der Waals surface area contributed by atoms with Crippen LogP contribution in [0.5, 0.6) is 0 Å². The minimum Gasteiger partial charge on any atom is -0.309 e. The van der Waals surface area contributed by atoms with Crippen LogP contribution in [-0.4, -0.2) is 6.54 Å². The molecule has 0 heterocycles. The van der Waals surface area contributed by atoms with Crippen LogP contribution < -0.4 is 5.32 Å². The Morgan fingerprint density at radius 3 is 2.80 bits per heavy atom. The first-order valence-electron chi connectivity index (χ1n) is 4.80. The van der Waals surface area contributed by atoms with Crippen LogP contribution >= 0.6 is 23.2 Å². The average Bonchev–Trinajstić information content (AvgIpc) is 2.21. The van der Waals surface area contributed by atoms with Crippen LogP contribution in [0.4, 0.5) is 0 Å². The van der Waals surface area contributed by atoms with Crippen molar-refractivity contribution in [3.05, 3.63) is 33.8 Å². The average molecular weight is 242 g/mol. The van der Waals surface area contributed by atoms with E-state index in [0.717, 1.165) is 12.1 Å². The van der Waals surface area contributed by atoms with E-state index in [1.165, 1.54) is 0 Å². The molecule has 0 aromatic heterocycles. The van der Waals surface area contributed by atoms with E-state index in [9.17, 15) is 0 Å². The van der Waals surface area contributed by atoms with Gasteiger partial charge < -0.3 is 5.32 Å². The van der Waals surface area contributed by atoms with E-state index in [1.54, 1.807) is 12.1 Å². The zero-order valence-corrected chi connectivity index (χ0v) is 10.1. The van der Waals surface area contributed by atoms with Gasteiger partial charge in [0.15, 0.2) is 0 Å². The predicted molar refractivity (Wildman–Crippen MR) is 66.3 cm³/mol. The van der Waals surface area contributed by atoms with E-state index < -0.39 is 0 Å². The molecule has 1 unspecified atom stereocenters. The first kappa shape index (κ1) is 12.4. The summed E-state index contributed by atoms with van der Waals surface area (Å²) in [6.07, 6.45) is 5.92. The first-order valence-corrected chi connectivity index (χ1v) is 5.56. The number of benzene rings is 1. The molecule has 15 heavy (non-hydrogen) atoms. The molecular weight excluding hydrogens is 229 g/mol. The zero-order valence-electron chi connectivity index (χ0n) is 8.56. The van der Waals surface area contributed by atoms with Gasteiger partial charge in [-0.3, -0.25) is 0 Å². The molecule has 0 amide bonds. The maximum absolute atomic E-state index is 6.10. The fourth-order valence-electron chi connectivity index (χ4n) is 1.44. The first-order chi connectivity index (χ1) is 7.19. The van der Waals surface area contributed by atoms with Gasteiger partial charge in [-0.2, -0.15) is 0 Å². The summed E-state index contributed by atoms with van der Waals surface area (Å²) in [5, 5.41) is 4.65. The summed E-state index contributed by atoms with van der Waals surface area (Å²) in [5.74, 6) is 2.63. The molecule has 0 aliphatic heterocycles. The quantitative estimate of drug-likeness (QED) is 0.794. The lowest BCUT2D eigenvalue weighted by Crippen LogP contribution is -2.20. The molecule has 1 aromatic rings. The number of rotatable bonds is 4. The van der Waals surface area contributed by atoms with Crippen molar-refractivity contribution >= 4 is 23.2 Å². The van der Waals surface area contributed by atoms with Gasteiger partial charge in [0.25, 0.3) is 0 Å². The minimum absolute atomic E-state index is 0.0752. The SMILES string of the molecule is C#CCC(NCC)c1cc(Cl)ccc1Cl. The molecule has 1 nitrogen and oxygen atoms in total. The molecule has 80 valence electrons. The van der Waals surface area contributed by atoms with Crippen LogP contribution in [0.2, 0.25) is 10.0 Å². The van der Waals surface area contributed by atoms with Crippen LogP contribution in [0.1, 0.15) is 24.9 Å². The Hall–Kier alpha value is -0.680. The Bertz CT molecular complexity index is 368. The van der Waals surface area contributed by atoms with E-state index in [0.29, 0.717) is 16.5 Å². The number of terminal acetylenes is 1. The topological polar surface area (TPSA) is 12.0 Å². The highest BCUT2D eigenvalue weighted by Gasteiger charge is 2.12. The highest BCUT2D eigenvalue weighted by atomic mass is 35.5. The number of hydrogen-bond donors (Lipinski definition) is 1. The number of nitrogens with one attached hydrogen (secondary N) is 1. The van der Waals surface area contributed by atoms with E-state index in [1.807, 2.05) is 13.0 Å². The lowest BCUT2D eigenvalue weighted by molar-refractivity contribution is 0.565. The van der Waals surface area contributed by atoms with Crippen molar-refractivity contribution in [1.82, 2.24) is 5.32 Å². The van der Waals surface area contributed by atoms with Crippen LogP contribution in [0.25, 0.3) is 0 Å². The Labute approximate surface area is 101 Å². The summed E-state index contributed by atoms with van der Waals surface area (Å²) in [5.41, 5.74) is 0.962. The molecule has 0 aliphatic carbocycles. The van der Waals surface area contributed by atoms with Gasteiger partial charge in [0.2, 0.25) is 0 Å². The van der Waals surface area contributed by atoms with E-state index in [4.69, 9.17) is 29.6 Å². The van der Waals surface area contributed by atoms with Crippen molar-refractivity contribution in [3.8, 4) is 12.3 Å². The summed E-state index contributed by atoms with van der Waals surface area (Å²) >= 11 is 12.0. The van der Waals surface area contributed by atoms with E-state index >= 15 is 0 Å². The monoisotopic (exact) mass is 241 g/mol. The van der Waals surface area contributed by atoms with Gasteiger partial charge in [0.05, 0.1) is 0 Å². The molecule has 3 heteroatoms. The van der Waals surface area contributed by atoms with Gasteiger partial charge in [0.1, 0.15) is 0 Å². The van der Waals surface area contributed by atoms with Crippen molar-refractivity contribution in [2.45, 2.75) is 19.4 Å². The standard InChI is InChI=1S/C12H13Cl2N/c1-3-5-12(15-4-2)10-8-9(13)6-7-11(10)14/h1,6-8,12,15H,4-5H2,2H3. The van der Waals surface area contributed by atoms with E-state index in [2.05, 4.69) is 11.2 Å². The Morgan fingerprint density at radius 2 is 2.20 bits per heavy atom. The highest BCUT2D eigenvalue weighted by molar-refractivity contribution is 6.33. The summed E-state index contributed by atoms with van der Waals surface area (Å²) in [4.78, 5) is 0. The van der Waals surface area contributed by atoms with Gasteiger partial charge in [-0.15, -0.1) is 12.3 Å². The van der Waals surface area contributed by atoms with Crippen molar-refractivity contribution in [2.24, 2.45) is 0 Å². The molecular formula is C12H13Cl2N. The predicted octanol–water partition coefficient (Wildman–Crippen LogP) is 3.67. The van der Waals surface area contributed by atoms with Crippen molar-refractivity contribution in [1.29, 1.82) is 0 Å². The zero-order chi connectivity index (χ0) is 11.3. The van der Waals surface area contributed by atoms with Gasteiger partial charge in [-0.05, 0) is 30.3 Å². The lowest BCUT2D eigenvalue weighted by Gasteiger charge is -2.17. The second-order valence-corrected chi connectivity index (χ2v) is 4.03. The van der Waals surface area contributed by atoms with Crippen molar-refractivity contribution in [3.63, 3.8) is 0 Å². The second-order valence-electron chi connectivity index (χ2n) is 3.18. The third kappa shape index (κ3) is 3.43. The van der Waals surface area contributed by atoms with Crippen LogP contribution in [-0.2, 0) is 0 Å². The third-order valence-corrected chi connectivity index (χ3v) is 2.69. The van der Waals surface area contributed by atoms with Gasteiger partial charge >= 0.3 is 0 Å². The van der Waals surface area contributed by atoms with Gasteiger partial charge in [-0.1, -0.05) is 30.1 Å². The van der Waals surface area contributed by atoms with Crippen LogP contribution in [0.3, 0.4) is 0 Å². The third-order valence-electron chi connectivity index (χ3n) is 2.11. The minimum atomic E-state index is 0.0752. The molecule has 0 saturated carbocycles. The Kier molecular flexibility index (Phi) is 4.98. The van der Waals surface area contributed by atoms with Crippen LogP contribution in [0.15, 0.2) is 18.2 Å². The molecule has 1 N–H and O–H groups in total.